The fourth-order valence-corrected chi connectivity index (χ4v) is 2.32. The average molecular weight is 209 g/mol. The number of carbonyl (C=O) groups excluding carboxylic acids is 1. The number of piperidine rings is 1. The lowest BCUT2D eigenvalue weighted by Crippen LogP contribution is -2.39. The van der Waals surface area contributed by atoms with Crippen molar-refractivity contribution in [2.24, 2.45) is 17.8 Å². The van der Waals surface area contributed by atoms with Gasteiger partial charge in [-0.2, -0.15) is 0 Å². The Labute approximate surface area is 93.3 Å². The fraction of sp³-hybridized carbons (Fsp3) is 0.769. The molecule has 15 heavy (non-hydrogen) atoms. The van der Waals surface area contributed by atoms with E-state index in [9.17, 15) is 4.79 Å². The lowest BCUT2D eigenvalue weighted by Gasteiger charge is -2.35. The molecule has 0 aromatic carbocycles. The summed E-state index contributed by atoms with van der Waals surface area (Å²) >= 11 is 0. The van der Waals surface area contributed by atoms with Crippen LogP contribution >= 0.6 is 0 Å². The number of hydrogen-bond acceptors (Lipinski definition) is 1. The Kier molecular flexibility index (Phi) is 4.37. The van der Waals surface area contributed by atoms with E-state index in [2.05, 4.69) is 27.4 Å². The molecule has 0 spiro atoms. The van der Waals surface area contributed by atoms with Gasteiger partial charge < -0.3 is 4.90 Å². The van der Waals surface area contributed by atoms with Crippen LogP contribution in [-0.4, -0.2) is 23.9 Å². The molecule has 0 unspecified atom stereocenters. The molecule has 0 N–H and O–H groups in total. The van der Waals surface area contributed by atoms with E-state index in [-0.39, 0.29) is 5.91 Å². The van der Waals surface area contributed by atoms with Gasteiger partial charge in [0.15, 0.2) is 0 Å². The summed E-state index contributed by atoms with van der Waals surface area (Å²) in [6, 6.07) is 0. The lowest BCUT2D eigenvalue weighted by molar-refractivity contribution is -0.127. The Balaban J connectivity index is 2.42. The number of rotatable bonds is 3. The van der Waals surface area contributed by atoms with E-state index in [0.717, 1.165) is 43.7 Å². The highest BCUT2D eigenvalue weighted by atomic mass is 16.2. The first-order chi connectivity index (χ1) is 7.06. The zero-order valence-corrected chi connectivity index (χ0v) is 10.2. The Hall–Kier alpha value is -0.790. The van der Waals surface area contributed by atoms with Crippen LogP contribution in [0, 0.1) is 17.8 Å². The second kappa shape index (κ2) is 5.34. The van der Waals surface area contributed by atoms with Gasteiger partial charge in [-0.05, 0) is 36.7 Å². The molecule has 0 saturated carbocycles. The summed E-state index contributed by atoms with van der Waals surface area (Å²) in [5.74, 6) is 2.40. The van der Waals surface area contributed by atoms with Crippen molar-refractivity contribution in [1.82, 2.24) is 4.90 Å². The summed E-state index contributed by atoms with van der Waals surface area (Å²) in [6.45, 7) is 12.2. The maximum atomic E-state index is 11.4. The highest BCUT2D eigenvalue weighted by molar-refractivity contribution is 5.87. The molecule has 1 atom stereocenters. The third-order valence-electron chi connectivity index (χ3n) is 3.82. The second-order valence-corrected chi connectivity index (χ2v) is 4.97. The monoisotopic (exact) mass is 209 g/mol. The fourth-order valence-electron chi connectivity index (χ4n) is 2.32. The highest BCUT2D eigenvalue weighted by Gasteiger charge is 2.26. The second-order valence-electron chi connectivity index (χ2n) is 4.97. The van der Waals surface area contributed by atoms with Crippen molar-refractivity contribution in [3.05, 3.63) is 12.7 Å². The van der Waals surface area contributed by atoms with Gasteiger partial charge >= 0.3 is 0 Å². The van der Waals surface area contributed by atoms with Crippen LogP contribution in [0.15, 0.2) is 12.7 Å². The summed E-state index contributed by atoms with van der Waals surface area (Å²) in [7, 11) is 0. The number of amides is 1. The van der Waals surface area contributed by atoms with E-state index in [1.807, 2.05) is 4.90 Å². The third kappa shape index (κ3) is 3.08. The number of likely N-dealkylation sites (tertiary alicyclic amines) is 1. The van der Waals surface area contributed by atoms with Crippen LogP contribution in [0.1, 0.15) is 33.6 Å². The highest BCUT2D eigenvalue weighted by Crippen LogP contribution is 2.29. The van der Waals surface area contributed by atoms with Gasteiger partial charge in [0.1, 0.15) is 0 Å². The predicted molar refractivity (Wildman–Crippen MR) is 63.5 cm³/mol. The molecule has 86 valence electrons. The Morgan fingerprint density at radius 3 is 2.27 bits per heavy atom. The topological polar surface area (TPSA) is 20.3 Å². The van der Waals surface area contributed by atoms with Gasteiger partial charge in [0.25, 0.3) is 0 Å². The van der Waals surface area contributed by atoms with Crippen LogP contribution in [0.2, 0.25) is 0 Å². The van der Waals surface area contributed by atoms with Crippen LogP contribution in [0.25, 0.3) is 0 Å². The summed E-state index contributed by atoms with van der Waals surface area (Å²) in [5, 5.41) is 0. The molecule has 0 bridgehead atoms. The van der Waals surface area contributed by atoms with E-state index in [1.165, 1.54) is 6.08 Å². The maximum Gasteiger partial charge on any atom is 0.245 e. The van der Waals surface area contributed by atoms with Crippen molar-refractivity contribution in [1.29, 1.82) is 0 Å². The molecule has 2 nitrogen and oxygen atoms in total. The molecule has 2 heteroatoms. The first kappa shape index (κ1) is 12.3. The third-order valence-corrected chi connectivity index (χ3v) is 3.82. The zero-order chi connectivity index (χ0) is 11.4. The molecule has 0 aromatic rings. The lowest BCUT2D eigenvalue weighted by atomic mass is 9.79. The maximum absolute atomic E-state index is 11.4. The van der Waals surface area contributed by atoms with Gasteiger partial charge in [-0.15, -0.1) is 0 Å². The predicted octanol–water partition coefficient (Wildman–Crippen LogP) is 2.70. The smallest absolute Gasteiger partial charge is 0.245 e. The van der Waals surface area contributed by atoms with Crippen molar-refractivity contribution in [2.45, 2.75) is 33.6 Å². The van der Waals surface area contributed by atoms with Gasteiger partial charge in [-0.25, -0.2) is 0 Å². The summed E-state index contributed by atoms with van der Waals surface area (Å²) in [6.07, 6.45) is 3.73. The van der Waals surface area contributed by atoms with E-state index in [1.54, 1.807) is 0 Å². The zero-order valence-electron chi connectivity index (χ0n) is 10.2. The van der Waals surface area contributed by atoms with E-state index >= 15 is 0 Å². The van der Waals surface area contributed by atoms with Crippen LogP contribution < -0.4 is 0 Å². The minimum atomic E-state index is 0.0886. The molecule has 1 aliphatic rings. The van der Waals surface area contributed by atoms with Crippen molar-refractivity contribution in [2.75, 3.05) is 13.1 Å². The van der Waals surface area contributed by atoms with Crippen LogP contribution in [0.3, 0.4) is 0 Å². The van der Waals surface area contributed by atoms with Gasteiger partial charge in [-0.1, -0.05) is 27.4 Å². The van der Waals surface area contributed by atoms with Gasteiger partial charge in [0, 0.05) is 13.1 Å². The number of nitrogens with zero attached hydrogens (tertiary/aromatic N) is 1. The standard InChI is InChI=1S/C13H23NO/c1-5-13(15)14-8-6-12(7-9-14)11(4)10(2)3/h5,10-12H,1,6-9H2,2-4H3/t11-/m1/s1. The Bertz CT molecular complexity index is 227. The molecular weight excluding hydrogens is 186 g/mol. The summed E-state index contributed by atoms with van der Waals surface area (Å²) in [5.41, 5.74) is 0. The van der Waals surface area contributed by atoms with Crippen molar-refractivity contribution in [3.63, 3.8) is 0 Å². The first-order valence-electron chi connectivity index (χ1n) is 5.97. The molecule has 0 aromatic heterocycles. The molecule has 1 saturated heterocycles. The number of hydrogen-bond donors (Lipinski definition) is 0. The number of carbonyl (C=O) groups is 1. The van der Waals surface area contributed by atoms with Crippen molar-refractivity contribution in [3.8, 4) is 0 Å². The molecule has 1 aliphatic heterocycles. The van der Waals surface area contributed by atoms with Gasteiger partial charge in [-0.3, -0.25) is 4.79 Å². The average Bonchev–Trinajstić information content (AvgIpc) is 2.27. The van der Waals surface area contributed by atoms with Crippen molar-refractivity contribution < 1.29 is 4.79 Å². The van der Waals surface area contributed by atoms with Crippen LogP contribution in [0.5, 0.6) is 0 Å². The minimum absolute atomic E-state index is 0.0886. The van der Waals surface area contributed by atoms with Crippen LogP contribution in [-0.2, 0) is 4.79 Å². The Morgan fingerprint density at radius 2 is 1.87 bits per heavy atom. The van der Waals surface area contributed by atoms with Gasteiger partial charge in [0.2, 0.25) is 5.91 Å². The molecule has 0 aliphatic carbocycles. The molecule has 1 fully saturated rings. The van der Waals surface area contributed by atoms with Crippen LogP contribution in [0.4, 0.5) is 0 Å². The van der Waals surface area contributed by atoms with Crippen molar-refractivity contribution >= 4 is 5.91 Å². The SMILES string of the molecule is C=CC(=O)N1CCC([C@H](C)C(C)C)CC1. The molecule has 1 rings (SSSR count). The molecule has 1 amide bonds. The molecule has 1 heterocycles. The minimum Gasteiger partial charge on any atom is -0.339 e. The summed E-state index contributed by atoms with van der Waals surface area (Å²) < 4.78 is 0. The normalized spacial score (nSPS) is 20.4. The summed E-state index contributed by atoms with van der Waals surface area (Å²) in [4.78, 5) is 13.3. The molecule has 0 radical (unpaired) electrons. The van der Waals surface area contributed by atoms with E-state index in [0.29, 0.717) is 0 Å². The van der Waals surface area contributed by atoms with Gasteiger partial charge in [0.05, 0.1) is 0 Å². The largest absolute Gasteiger partial charge is 0.339 e. The quantitative estimate of drug-likeness (QED) is 0.654. The van der Waals surface area contributed by atoms with E-state index < -0.39 is 0 Å². The molecular formula is C13H23NO. The Morgan fingerprint density at radius 1 is 1.33 bits per heavy atom. The van der Waals surface area contributed by atoms with E-state index in [4.69, 9.17) is 0 Å². The first-order valence-corrected chi connectivity index (χ1v) is 5.97.